The van der Waals surface area contributed by atoms with Crippen molar-refractivity contribution in [1.29, 1.82) is 0 Å². The highest BCUT2D eigenvalue weighted by Crippen LogP contribution is 2.29. The van der Waals surface area contributed by atoms with E-state index < -0.39 is 12.0 Å². The number of hydrogen-bond donors (Lipinski definition) is 3. The molecule has 18 heavy (non-hydrogen) atoms. The van der Waals surface area contributed by atoms with E-state index in [4.69, 9.17) is 5.11 Å². The van der Waals surface area contributed by atoms with Crippen molar-refractivity contribution in [2.24, 2.45) is 11.8 Å². The second kappa shape index (κ2) is 7.24. The maximum absolute atomic E-state index is 11.6. The van der Waals surface area contributed by atoms with Crippen molar-refractivity contribution in [3.63, 3.8) is 0 Å². The van der Waals surface area contributed by atoms with Crippen LogP contribution in [0, 0.1) is 11.8 Å². The number of carbonyl (C=O) groups is 2. The summed E-state index contributed by atoms with van der Waals surface area (Å²) in [6, 6.07) is -1.15. The zero-order chi connectivity index (χ0) is 13.5. The second-order valence-electron chi connectivity index (χ2n) is 5.32. The van der Waals surface area contributed by atoms with Gasteiger partial charge < -0.3 is 15.7 Å². The summed E-state index contributed by atoms with van der Waals surface area (Å²) >= 11 is 0. The van der Waals surface area contributed by atoms with Crippen LogP contribution in [0.3, 0.4) is 0 Å². The first-order valence-electron chi connectivity index (χ1n) is 6.80. The molecule has 5 nitrogen and oxygen atoms in total. The molecular weight excluding hydrogens is 232 g/mol. The minimum absolute atomic E-state index is 0.365. The van der Waals surface area contributed by atoms with Crippen molar-refractivity contribution in [3.8, 4) is 0 Å². The lowest BCUT2D eigenvalue weighted by molar-refractivity contribution is -0.139. The molecule has 3 N–H and O–H groups in total. The van der Waals surface area contributed by atoms with Gasteiger partial charge in [-0.3, -0.25) is 0 Å². The van der Waals surface area contributed by atoms with Crippen LogP contribution in [0.2, 0.25) is 0 Å². The molecule has 104 valence electrons. The smallest absolute Gasteiger partial charge is 0.326 e. The summed E-state index contributed by atoms with van der Waals surface area (Å²) in [5, 5.41) is 14.2. The van der Waals surface area contributed by atoms with E-state index in [-0.39, 0.29) is 6.03 Å². The van der Waals surface area contributed by atoms with Crippen molar-refractivity contribution in [1.82, 2.24) is 10.6 Å². The minimum atomic E-state index is -0.971. The third-order valence-electron chi connectivity index (χ3n) is 3.54. The van der Waals surface area contributed by atoms with Crippen LogP contribution in [0.4, 0.5) is 4.79 Å². The standard InChI is InChI=1S/C13H24N2O3/c1-3-4-11(12(16)17)15-13(18)14-8-10-6-5-9(2)7-10/h9-11H,3-8H2,1-2H3,(H,16,17)(H2,14,15,18). The van der Waals surface area contributed by atoms with Crippen LogP contribution in [0.1, 0.15) is 46.0 Å². The number of carboxylic acid groups (broad SMARTS) is 1. The zero-order valence-electron chi connectivity index (χ0n) is 11.2. The predicted molar refractivity (Wildman–Crippen MR) is 69.4 cm³/mol. The summed E-state index contributed by atoms with van der Waals surface area (Å²) in [7, 11) is 0. The van der Waals surface area contributed by atoms with Crippen molar-refractivity contribution < 1.29 is 14.7 Å². The topological polar surface area (TPSA) is 78.4 Å². The van der Waals surface area contributed by atoms with Gasteiger partial charge in [-0.05, 0) is 31.1 Å². The number of amides is 2. The molecular formula is C13H24N2O3. The molecule has 5 heteroatoms. The first-order valence-corrected chi connectivity index (χ1v) is 6.80. The molecule has 1 aliphatic carbocycles. The third kappa shape index (κ3) is 4.94. The summed E-state index contributed by atoms with van der Waals surface area (Å²) in [5.41, 5.74) is 0. The summed E-state index contributed by atoms with van der Waals surface area (Å²) in [4.78, 5) is 22.5. The summed E-state index contributed by atoms with van der Waals surface area (Å²) < 4.78 is 0. The predicted octanol–water partition coefficient (Wildman–Crippen LogP) is 1.98. The average molecular weight is 256 g/mol. The van der Waals surface area contributed by atoms with Gasteiger partial charge in [0.15, 0.2) is 0 Å². The minimum Gasteiger partial charge on any atom is -0.480 e. The van der Waals surface area contributed by atoms with Gasteiger partial charge >= 0.3 is 12.0 Å². The Labute approximate surface area is 108 Å². The van der Waals surface area contributed by atoms with Crippen molar-refractivity contribution >= 4 is 12.0 Å². The maximum Gasteiger partial charge on any atom is 0.326 e. The van der Waals surface area contributed by atoms with E-state index in [2.05, 4.69) is 17.6 Å². The summed E-state index contributed by atoms with van der Waals surface area (Å²) in [6.07, 6.45) is 4.72. The van der Waals surface area contributed by atoms with Crippen LogP contribution in [0.5, 0.6) is 0 Å². The van der Waals surface area contributed by atoms with Gasteiger partial charge in [0.05, 0.1) is 0 Å². The fraction of sp³-hybridized carbons (Fsp3) is 0.846. The van der Waals surface area contributed by atoms with Gasteiger partial charge in [0.25, 0.3) is 0 Å². The number of aliphatic carboxylic acids is 1. The molecule has 1 aliphatic rings. The molecule has 0 aliphatic heterocycles. The van der Waals surface area contributed by atoms with Gasteiger partial charge in [-0.15, -0.1) is 0 Å². The molecule has 1 fully saturated rings. The first kappa shape index (κ1) is 14.8. The number of hydrogen-bond acceptors (Lipinski definition) is 2. The van der Waals surface area contributed by atoms with Crippen molar-refractivity contribution in [2.45, 2.75) is 52.0 Å². The monoisotopic (exact) mass is 256 g/mol. The highest BCUT2D eigenvalue weighted by Gasteiger charge is 2.23. The number of urea groups is 1. The quantitative estimate of drug-likeness (QED) is 0.680. The molecule has 3 atom stereocenters. The van der Waals surface area contributed by atoms with E-state index in [1.54, 1.807) is 0 Å². The summed E-state index contributed by atoms with van der Waals surface area (Å²) in [6.45, 7) is 4.77. The number of rotatable bonds is 6. The average Bonchev–Trinajstić information content (AvgIpc) is 2.72. The van der Waals surface area contributed by atoms with E-state index in [1.807, 2.05) is 6.92 Å². The van der Waals surface area contributed by atoms with Crippen LogP contribution >= 0.6 is 0 Å². The van der Waals surface area contributed by atoms with Crippen LogP contribution < -0.4 is 10.6 Å². The molecule has 0 aromatic heterocycles. The largest absolute Gasteiger partial charge is 0.480 e. The van der Waals surface area contributed by atoms with Gasteiger partial charge in [0, 0.05) is 6.54 Å². The van der Waals surface area contributed by atoms with E-state index in [1.165, 1.54) is 6.42 Å². The second-order valence-corrected chi connectivity index (χ2v) is 5.32. The van der Waals surface area contributed by atoms with Gasteiger partial charge in [0.1, 0.15) is 6.04 Å². The number of carboxylic acids is 1. The van der Waals surface area contributed by atoms with E-state index in [0.29, 0.717) is 18.9 Å². The molecule has 0 aromatic rings. The van der Waals surface area contributed by atoms with Crippen LogP contribution in [-0.2, 0) is 4.79 Å². The Kier molecular flexibility index (Phi) is 5.95. The molecule has 2 amide bonds. The van der Waals surface area contributed by atoms with Gasteiger partial charge in [0.2, 0.25) is 0 Å². The molecule has 0 heterocycles. The first-order chi connectivity index (χ1) is 8.52. The lowest BCUT2D eigenvalue weighted by Crippen LogP contribution is -2.46. The van der Waals surface area contributed by atoms with Gasteiger partial charge in [-0.25, -0.2) is 9.59 Å². The zero-order valence-corrected chi connectivity index (χ0v) is 11.2. The molecule has 0 spiro atoms. The van der Waals surface area contributed by atoms with Crippen LogP contribution in [0.25, 0.3) is 0 Å². The lowest BCUT2D eigenvalue weighted by atomic mass is 10.1. The molecule has 1 saturated carbocycles. The Morgan fingerprint density at radius 2 is 2.11 bits per heavy atom. The Morgan fingerprint density at radius 3 is 2.61 bits per heavy atom. The fourth-order valence-corrected chi connectivity index (χ4v) is 2.50. The van der Waals surface area contributed by atoms with Gasteiger partial charge in [-0.2, -0.15) is 0 Å². The normalized spacial score (nSPS) is 24.6. The maximum atomic E-state index is 11.6. The molecule has 0 aromatic carbocycles. The Bertz CT molecular complexity index is 294. The van der Waals surface area contributed by atoms with Crippen molar-refractivity contribution in [2.75, 3.05) is 6.54 Å². The Morgan fingerprint density at radius 1 is 1.39 bits per heavy atom. The molecule has 0 bridgehead atoms. The molecule has 0 saturated heterocycles. The Hall–Kier alpha value is -1.26. The van der Waals surface area contributed by atoms with Gasteiger partial charge in [-0.1, -0.05) is 26.7 Å². The van der Waals surface area contributed by atoms with Crippen LogP contribution in [0.15, 0.2) is 0 Å². The van der Waals surface area contributed by atoms with Crippen molar-refractivity contribution in [3.05, 3.63) is 0 Å². The molecule has 0 radical (unpaired) electrons. The number of carbonyl (C=O) groups excluding carboxylic acids is 1. The highest BCUT2D eigenvalue weighted by atomic mass is 16.4. The van der Waals surface area contributed by atoms with E-state index >= 15 is 0 Å². The summed E-state index contributed by atoms with van der Waals surface area (Å²) in [5.74, 6) is 0.313. The SMILES string of the molecule is CCCC(NC(=O)NCC1CCC(C)C1)C(=O)O. The molecule has 1 rings (SSSR count). The van der Waals surface area contributed by atoms with E-state index in [0.717, 1.165) is 25.2 Å². The lowest BCUT2D eigenvalue weighted by Gasteiger charge is -2.16. The number of nitrogens with one attached hydrogen (secondary N) is 2. The Balaban J connectivity index is 2.25. The highest BCUT2D eigenvalue weighted by molar-refractivity contribution is 5.82. The van der Waals surface area contributed by atoms with E-state index in [9.17, 15) is 9.59 Å². The third-order valence-corrected chi connectivity index (χ3v) is 3.54. The fourth-order valence-electron chi connectivity index (χ4n) is 2.50. The van der Waals surface area contributed by atoms with Crippen LogP contribution in [-0.4, -0.2) is 29.7 Å². The molecule has 3 unspecified atom stereocenters.